The number of hydrogen-bond donors (Lipinski definition) is 1. The third-order valence-corrected chi connectivity index (χ3v) is 10.0. The van der Waals surface area contributed by atoms with Gasteiger partial charge in [0, 0.05) is 60.6 Å². The van der Waals surface area contributed by atoms with E-state index in [1.54, 1.807) is 5.32 Å². The number of hydrogen-bond acceptors (Lipinski definition) is 9. The van der Waals surface area contributed by atoms with Crippen LogP contribution in [0.5, 0.6) is 0 Å². The second-order valence-electron chi connectivity index (χ2n) is 14.4. The molecule has 5 amide bonds. The average molecular weight is 954 g/mol. The van der Waals surface area contributed by atoms with E-state index in [-0.39, 0.29) is 85.5 Å². The van der Waals surface area contributed by atoms with Crippen molar-refractivity contribution in [1.29, 1.82) is 0 Å². The molecule has 1 N–H and O–H groups in total. The van der Waals surface area contributed by atoms with E-state index in [0.717, 1.165) is 46.2 Å². The van der Waals surface area contributed by atoms with Gasteiger partial charge in [-0.2, -0.15) is 17.6 Å². The highest BCUT2D eigenvalue weighted by Gasteiger charge is 2.30. The van der Waals surface area contributed by atoms with Crippen molar-refractivity contribution in [2.45, 2.75) is 25.9 Å². The monoisotopic (exact) mass is 953 g/mol. The van der Waals surface area contributed by atoms with Gasteiger partial charge in [-0.15, -0.1) is 10.2 Å². The van der Waals surface area contributed by atoms with Crippen molar-refractivity contribution in [2.75, 3.05) is 69.0 Å². The highest BCUT2D eigenvalue weighted by Crippen LogP contribution is 2.29. The number of nitrogens with zero attached hydrogens (tertiary/aromatic N) is 6. The molecular weight excluding hydrogens is 916 g/mol. The summed E-state index contributed by atoms with van der Waals surface area (Å²) < 4.78 is 151. The molecule has 2 aliphatic rings. The molecule has 0 saturated carbocycles. The molecule has 0 aliphatic carbocycles. The topological polar surface area (TPSA) is 151 Å². The molecule has 67 heavy (non-hydrogen) atoms. The number of amides is 5. The summed E-state index contributed by atoms with van der Waals surface area (Å²) in [4.78, 5) is 53.9. The number of aromatic nitrogens is 2. The van der Waals surface area contributed by atoms with Crippen molar-refractivity contribution < 1.29 is 77.0 Å². The third kappa shape index (κ3) is 12.6. The minimum Gasteiger partial charge on any atom is -0.415 e. The van der Waals surface area contributed by atoms with Crippen LogP contribution in [-0.2, 0) is 27.4 Å². The average Bonchev–Trinajstić information content (AvgIpc) is 3.82. The molecule has 2 saturated heterocycles. The standard InChI is InChI=1S/C22H20F5N3O4.C21H17F5N4O3/c23-15-3-4-18(17(25)10-15)30(22(33)29-5-7-34-8-6-29)12-14-2-1-13(9-16(14)24)19(31)11-28-21(32)20(26)27;22-14-3-4-17(16(24)10-14)30(21(31)29-5-7-32-8-6-29)11-13-2-1-12(9-15(13)23)19-27-28-20(33-19)18(25)26/h1-4,9-10,20H,5-8,11-12H2,(H,28,32);1-4,9-10,18H,5-8,11H2. The third-order valence-electron chi connectivity index (χ3n) is 10.0. The van der Waals surface area contributed by atoms with Crippen LogP contribution in [0.25, 0.3) is 11.5 Å². The first-order valence-corrected chi connectivity index (χ1v) is 20.0. The Kier molecular flexibility index (Phi) is 16.5. The summed E-state index contributed by atoms with van der Waals surface area (Å²) in [7, 11) is 0. The maximum atomic E-state index is 14.9. The Balaban J connectivity index is 0.000000221. The van der Waals surface area contributed by atoms with Crippen molar-refractivity contribution in [2.24, 2.45) is 0 Å². The molecule has 2 fully saturated rings. The zero-order chi connectivity index (χ0) is 48.4. The number of urea groups is 2. The van der Waals surface area contributed by atoms with Gasteiger partial charge in [-0.05, 0) is 42.5 Å². The van der Waals surface area contributed by atoms with Gasteiger partial charge in [0.15, 0.2) is 5.78 Å². The number of nitrogens with one attached hydrogen (secondary N) is 1. The molecule has 0 unspecified atom stereocenters. The van der Waals surface area contributed by atoms with Gasteiger partial charge in [0.1, 0.15) is 34.9 Å². The zero-order valence-corrected chi connectivity index (χ0v) is 34.7. The number of ether oxygens (including phenoxy) is 2. The molecule has 3 heterocycles. The highest BCUT2D eigenvalue weighted by atomic mass is 19.3. The van der Waals surface area contributed by atoms with E-state index in [2.05, 4.69) is 10.2 Å². The largest absolute Gasteiger partial charge is 0.415 e. The minimum atomic E-state index is -3.30. The second-order valence-corrected chi connectivity index (χ2v) is 14.4. The summed E-state index contributed by atoms with van der Waals surface area (Å²) in [5, 5.41) is 8.39. The van der Waals surface area contributed by atoms with Crippen molar-refractivity contribution in [3.05, 3.63) is 130 Å². The molecule has 0 radical (unpaired) electrons. The van der Waals surface area contributed by atoms with Crippen molar-refractivity contribution in [1.82, 2.24) is 25.3 Å². The number of alkyl halides is 4. The molecule has 7 rings (SSSR count). The number of halogens is 10. The van der Waals surface area contributed by atoms with Crippen LogP contribution >= 0.6 is 0 Å². The van der Waals surface area contributed by atoms with Crippen LogP contribution in [0.4, 0.5) is 64.9 Å². The summed E-state index contributed by atoms with van der Waals surface area (Å²) in [5.41, 5.74) is -0.734. The Morgan fingerprint density at radius 2 is 1.10 bits per heavy atom. The van der Waals surface area contributed by atoms with Crippen molar-refractivity contribution in [3.63, 3.8) is 0 Å². The molecule has 1 aromatic heterocycles. The lowest BCUT2D eigenvalue weighted by Gasteiger charge is -2.33. The van der Waals surface area contributed by atoms with Gasteiger partial charge in [0.05, 0.1) is 57.4 Å². The first-order valence-electron chi connectivity index (χ1n) is 20.0. The van der Waals surface area contributed by atoms with Crippen molar-refractivity contribution in [3.8, 4) is 11.5 Å². The molecule has 5 aromatic rings. The molecule has 356 valence electrons. The maximum absolute atomic E-state index is 14.9. The van der Waals surface area contributed by atoms with E-state index >= 15 is 0 Å². The Labute approximate surface area is 373 Å². The van der Waals surface area contributed by atoms with E-state index in [0.29, 0.717) is 25.3 Å². The van der Waals surface area contributed by atoms with Gasteiger partial charge in [-0.1, -0.05) is 18.2 Å². The number of Topliss-reactive ketones (excluding diaryl/α,β-unsaturated/α-hetero) is 1. The molecule has 2 aliphatic heterocycles. The van der Waals surface area contributed by atoms with Crippen LogP contribution in [0.15, 0.2) is 77.2 Å². The predicted octanol–water partition coefficient (Wildman–Crippen LogP) is 7.68. The maximum Gasteiger partial charge on any atom is 0.325 e. The molecular formula is C43H37F10N7O7. The quantitative estimate of drug-likeness (QED) is 0.0982. The van der Waals surface area contributed by atoms with Crippen LogP contribution in [-0.4, -0.2) is 109 Å². The Morgan fingerprint density at radius 3 is 1.54 bits per heavy atom. The fraction of sp³-hybridized carbons (Fsp3) is 0.302. The second kappa shape index (κ2) is 22.4. The van der Waals surface area contributed by atoms with Crippen LogP contribution in [0.3, 0.4) is 0 Å². The number of morpholine rings is 2. The number of ketones is 1. The fourth-order valence-electron chi connectivity index (χ4n) is 6.55. The van der Waals surface area contributed by atoms with Gasteiger partial charge in [0.2, 0.25) is 5.89 Å². The van der Waals surface area contributed by atoms with Gasteiger partial charge < -0.3 is 29.0 Å². The SMILES string of the molecule is O=C(CNC(=O)C(F)F)c1ccc(CN(C(=O)N2CCOCC2)c2ccc(F)cc2F)c(F)c1.O=C(N1CCOCC1)N(Cc1ccc(-c2nnc(C(F)F)o2)cc1F)c1ccc(F)cc1F. The summed E-state index contributed by atoms with van der Waals surface area (Å²) in [6.07, 6.45) is -6.27. The number of anilines is 2. The Bertz CT molecular complexity index is 2580. The summed E-state index contributed by atoms with van der Waals surface area (Å²) in [6.45, 7) is 0.474. The molecule has 14 nitrogen and oxygen atoms in total. The van der Waals surface area contributed by atoms with Crippen LogP contribution in [0, 0.1) is 34.9 Å². The van der Waals surface area contributed by atoms with Crippen molar-refractivity contribution >= 4 is 35.1 Å². The summed E-state index contributed by atoms with van der Waals surface area (Å²) in [5.74, 6) is -9.08. The Hall–Kier alpha value is -7.08. The number of carbonyl (C=O) groups is 4. The lowest BCUT2D eigenvalue weighted by atomic mass is 10.1. The highest BCUT2D eigenvalue weighted by molar-refractivity contribution is 5.99. The van der Waals surface area contributed by atoms with Crippen LogP contribution < -0.4 is 15.1 Å². The molecule has 0 atom stereocenters. The normalized spacial score (nSPS) is 13.9. The number of benzene rings is 4. The fourth-order valence-corrected chi connectivity index (χ4v) is 6.55. The van der Waals surface area contributed by atoms with Crippen LogP contribution in [0.1, 0.15) is 33.8 Å². The van der Waals surface area contributed by atoms with E-state index in [4.69, 9.17) is 13.9 Å². The number of rotatable bonds is 12. The van der Waals surface area contributed by atoms with Gasteiger partial charge in [0.25, 0.3) is 11.8 Å². The minimum absolute atomic E-state index is 0.00215. The predicted molar refractivity (Wildman–Crippen MR) is 215 cm³/mol. The summed E-state index contributed by atoms with van der Waals surface area (Å²) >= 11 is 0. The van der Waals surface area contributed by atoms with Gasteiger partial charge in [-0.3, -0.25) is 19.4 Å². The number of carbonyl (C=O) groups excluding carboxylic acids is 4. The van der Waals surface area contributed by atoms with E-state index in [1.807, 2.05) is 0 Å². The molecule has 4 aromatic carbocycles. The smallest absolute Gasteiger partial charge is 0.325 e. The first kappa shape index (κ1) is 49.4. The first-order chi connectivity index (χ1) is 32.0. The van der Waals surface area contributed by atoms with E-state index in [1.165, 1.54) is 34.1 Å². The summed E-state index contributed by atoms with van der Waals surface area (Å²) in [6, 6.07) is 10.9. The lowest BCUT2D eigenvalue weighted by molar-refractivity contribution is -0.131. The zero-order valence-electron chi connectivity index (χ0n) is 34.7. The van der Waals surface area contributed by atoms with E-state index in [9.17, 15) is 63.1 Å². The van der Waals surface area contributed by atoms with E-state index < -0.39 is 90.5 Å². The Morgan fingerprint density at radius 1 is 0.612 bits per heavy atom. The van der Waals surface area contributed by atoms with Gasteiger partial charge >= 0.3 is 24.9 Å². The molecule has 24 heteroatoms. The molecule has 0 bridgehead atoms. The lowest BCUT2D eigenvalue weighted by Crippen LogP contribution is -2.48. The van der Waals surface area contributed by atoms with Gasteiger partial charge in [-0.25, -0.2) is 35.9 Å². The molecule has 0 spiro atoms. The van der Waals surface area contributed by atoms with Crippen LogP contribution in [0.2, 0.25) is 0 Å².